The highest BCUT2D eigenvalue weighted by Crippen LogP contribution is 2.28. The Bertz CT molecular complexity index is 430. The van der Waals surface area contributed by atoms with Crippen molar-refractivity contribution in [2.75, 3.05) is 0 Å². The van der Waals surface area contributed by atoms with Gasteiger partial charge >= 0.3 is 6.18 Å². The minimum Gasteiger partial charge on any atom is -0.360 e. The maximum atomic E-state index is 12.1. The van der Waals surface area contributed by atoms with Gasteiger partial charge in [-0.3, -0.25) is 0 Å². The monoisotopic (exact) mass is 186 g/mol. The van der Waals surface area contributed by atoms with Gasteiger partial charge in [-0.15, -0.1) is 0 Å². The largest absolute Gasteiger partial charge is 0.433 e. The van der Waals surface area contributed by atoms with E-state index in [4.69, 9.17) is 0 Å². The van der Waals surface area contributed by atoms with E-state index in [1.54, 1.807) is 12.3 Å². The summed E-state index contributed by atoms with van der Waals surface area (Å²) in [6.45, 7) is 0. The van der Waals surface area contributed by atoms with Crippen molar-refractivity contribution in [3.05, 3.63) is 30.2 Å². The average Bonchev–Trinajstić information content (AvgIpc) is 2.47. The van der Waals surface area contributed by atoms with Crippen molar-refractivity contribution in [2.45, 2.75) is 6.18 Å². The van der Waals surface area contributed by atoms with Crippen LogP contribution in [0.25, 0.3) is 10.9 Å². The quantitative estimate of drug-likeness (QED) is 0.673. The number of hydrogen-bond acceptors (Lipinski definition) is 1. The number of aromatic nitrogens is 2. The smallest absolute Gasteiger partial charge is 0.360 e. The van der Waals surface area contributed by atoms with Crippen LogP contribution in [0.2, 0.25) is 0 Å². The van der Waals surface area contributed by atoms with Gasteiger partial charge in [-0.1, -0.05) is 0 Å². The Kier molecular flexibility index (Phi) is 1.55. The SMILES string of the molecule is FC(F)(F)c1cc2cc[nH]c2cn1. The molecule has 0 saturated heterocycles. The summed E-state index contributed by atoms with van der Waals surface area (Å²) in [6, 6.07) is 2.60. The molecule has 0 bridgehead atoms. The summed E-state index contributed by atoms with van der Waals surface area (Å²) in [5.74, 6) is 0. The van der Waals surface area contributed by atoms with Crippen molar-refractivity contribution >= 4 is 10.9 Å². The van der Waals surface area contributed by atoms with Crippen LogP contribution >= 0.6 is 0 Å². The number of H-pyrrole nitrogens is 1. The fraction of sp³-hybridized carbons (Fsp3) is 0.125. The molecule has 13 heavy (non-hydrogen) atoms. The number of fused-ring (bicyclic) bond motifs is 1. The maximum absolute atomic E-state index is 12.1. The molecule has 0 spiro atoms. The summed E-state index contributed by atoms with van der Waals surface area (Å²) in [5, 5.41) is 0.516. The Morgan fingerprint density at radius 2 is 2.08 bits per heavy atom. The molecule has 0 radical (unpaired) electrons. The lowest BCUT2D eigenvalue weighted by Gasteiger charge is -2.04. The van der Waals surface area contributed by atoms with E-state index in [1.165, 1.54) is 6.20 Å². The number of hydrogen-bond donors (Lipinski definition) is 1. The number of nitrogens with zero attached hydrogens (tertiary/aromatic N) is 1. The molecule has 2 nitrogen and oxygen atoms in total. The van der Waals surface area contributed by atoms with Gasteiger partial charge in [0.2, 0.25) is 0 Å². The molecule has 2 rings (SSSR count). The van der Waals surface area contributed by atoms with Crippen LogP contribution in [0.4, 0.5) is 13.2 Å². The van der Waals surface area contributed by atoms with Gasteiger partial charge < -0.3 is 4.98 Å². The van der Waals surface area contributed by atoms with E-state index in [1.807, 2.05) is 0 Å². The Morgan fingerprint density at radius 3 is 2.77 bits per heavy atom. The predicted octanol–water partition coefficient (Wildman–Crippen LogP) is 2.58. The van der Waals surface area contributed by atoms with Crippen molar-refractivity contribution in [3.8, 4) is 0 Å². The molecule has 2 heterocycles. The number of rotatable bonds is 0. The van der Waals surface area contributed by atoms with Crippen molar-refractivity contribution in [1.82, 2.24) is 9.97 Å². The molecule has 0 aromatic carbocycles. The molecule has 5 heteroatoms. The van der Waals surface area contributed by atoms with Crippen LogP contribution in [0.15, 0.2) is 24.5 Å². The lowest BCUT2D eigenvalue weighted by molar-refractivity contribution is -0.141. The molecule has 2 aromatic rings. The van der Waals surface area contributed by atoms with E-state index < -0.39 is 11.9 Å². The Labute approximate surface area is 71.4 Å². The van der Waals surface area contributed by atoms with Crippen LogP contribution in [0.5, 0.6) is 0 Å². The zero-order valence-electron chi connectivity index (χ0n) is 6.39. The first-order chi connectivity index (χ1) is 6.07. The highest BCUT2D eigenvalue weighted by molar-refractivity contribution is 5.78. The van der Waals surface area contributed by atoms with Crippen LogP contribution < -0.4 is 0 Å². The van der Waals surface area contributed by atoms with Gasteiger partial charge in [0.25, 0.3) is 0 Å². The molecular weight excluding hydrogens is 181 g/mol. The van der Waals surface area contributed by atoms with E-state index in [0.717, 1.165) is 6.07 Å². The Balaban J connectivity index is 2.61. The molecule has 68 valence electrons. The highest BCUT2D eigenvalue weighted by Gasteiger charge is 2.32. The lowest BCUT2D eigenvalue weighted by atomic mass is 10.2. The normalized spacial score (nSPS) is 12.2. The molecule has 0 unspecified atom stereocenters. The van der Waals surface area contributed by atoms with Crippen LogP contribution in [-0.4, -0.2) is 9.97 Å². The van der Waals surface area contributed by atoms with Gasteiger partial charge in [0, 0.05) is 11.6 Å². The molecule has 1 N–H and O–H groups in total. The minimum absolute atomic E-state index is 0.516. The van der Waals surface area contributed by atoms with E-state index in [9.17, 15) is 13.2 Å². The van der Waals surface area contributed by atoms with E-state index in [2.05, 4.69) is 9.97 Å². The van der Waals surface area contributed by atoms with E-state index >= 15 is 0 Å². The predicted molar refractivity (Wildman–Crippen MR) is 41.1 cm³/mol. The Hall–Kier alpha value is -1.52. The second kappa shape index (κ2) is 2.48. The average molecular weight is 186 g/mol. The summed E-state index contributed by atoms with van der Waals surface area (Å²) in [5.41, 5.74) is -0.257. The molecular formula is C8H5F3N2. The van der Waals surface area contributed by atoms with Gasteiger partial charge in [0.15, 0.2) is 0 Å². The number of halogens is 3. The molecule has 0 fully saturated rings. The molecule has 0 atom stereocenters. The third kappa shape index (κ3) is 1.37. The van der Waals surface area contributed by atoms with Gasteiger partial charge in [-0.25, -0.2) is 4.98 Å². The third-order valence-electron chi connectivity index (χ3n) is 1.73. The number of nitrogens with one attached hydrogen (secondary N) is 1. The standard InChI is InChI=1S/C8H5F3N2/c9-8(10,11)7-3-5-1-2-12-6(5)4-13-7/h1-4,12H. The van der Waals surface area contributed by atoms with E-state index in [0.29, 0.717) is 10.9 Å². The lowest BCUT2D eigenvalue weighted by Crippen LogP contribution is -2.06. The van der Waals surface area contributed by atoms with Crippen LogP contribution in [0.1, 0.15) is 5.69 Å². The van der Waals surface area contributed by atoms with E-state index in [-0.39, 0.29) is 0 Å². The van der Waals surface area contributed by atoms with Crippen molar-refractivity contribution in [2.24, 2.45) is 0 Å². The second-order valence-electron chi connectivity index (χ2n) is 2.63. The Morgan fingerprint density at radius 1 is 1.31 bits per heavy atom. The topological polar surface area (TPSA) is 28.7 Å². The molecule has 0 aliphatic carbocycles. The van der Waals surface area contributed by atoms with Crippen molar-refractivity contribution in [1.29, 1.82) is 0 Å². The molecule has 2 aromatic heterocycles. The first-order valence-corrected chi connectivity index (χ1v) is 3.58. The fourth-order valence-corrected chi connectivity index (χ4v) is 1.11. The zero-order chi connectivity index (χ0) is 9.47. The number of pyridine rings is 1. The van der Waals surface area contributed by atoms with Gasteiger partial charge in [0.05, 0.1) is 11.7 Å². The number of alkyl halides is 3. The highest BCUT2D eigenvalue weighted by atomic mass is 19.4. The maximum Gasteiger partial charge on any atom is 0.433 e. The summed E-state index contributed by atoms with van der Waals surface area (Å²) in [6.07, 6.45) is -1.61. The summed E-state index contributed by atoms with van der Waals surface area (Å²) in [7, 11) is 0. The third-order valence-corrected chi connectivity index (χ3v) is 1.73. The van der Waals surface area contributed by atoms with Crippen LogP contribution in [0.3, 0.4) is 0 Å². The van der Waals surface area contributed by atoms with Crippen LogP contribution in [0, 0.1) is 0 Å². The van der Waals surface area contributed by atoms with Crippen LogP contribution in [-0.2, 0) is 6.18 Å². The van der Waals surface area contributed by atoms with Gasteiger partial charge in [0.1, 0.15) is 5.69 Å². The first-order valence-electron chi connectivity index (χ1n) is 3.58. The summed E-state index contributed by atoms with van der Waals surface area (Å²) >= 11 is 0. The van der Waals surface area contributed by atoms with Crippen molar-refractivity contribution < 1.29 is 13.2 Å². The zero-order valence-corrected chi connectivity index (χ0v) is 6.39. The summed E-state index contributed by atoms with van der Waals surface area (Å²) in [4.78, 5) is 6.06. The fourth-order valence-electron chi connectivity index (χ4n) is 1.11. The second-order valence-corrected chi connectivity index (χ2v) is 2.63. The van der Waals surface area contributed by atoms with Gasteiger partial charge in [-0.05, 0) is 12.1 Å². The summed E-state index contributed by atoms with van der Waals surface area (Å²) < 4.78 is 36.4. The molecule has 0 aliphatic rings. The number of aromatic amines is 1. The van der Waals surface area contributed by atoms with Crippen molar-refractivity contribution in [3.63, 3.8) is 0 Å². The molecule has 0 amide bonds. The first kappa shape index (κ1) is 8.10. The minimum atomic E-state index is -4.37. The molecule has 0 saturated carbocycles. The van der Waals surface area contributed by atoms with Gasteiger partial charge in [-0.2, -0.15) is 13.2 Å². The molecule has 0 aliphatic heterocycles.